The quantitative estimate of drug-likeness (QED) is 0.398. The zero-order valence-corrected chi connectivity index (χ0v) is 19.3. The second kappa shape index (κ2) is 9.57. The summed E-state index contributed by atoms with van der Waals surface area (Å²) < 4.78 is 33.0. The van der Waals surface area contributed by atoms with Crippen molar-refractivity contribution >= 4 is 40.1 Å². The van der Waals surface area contributed by atoms with Gasteiger partial charge in [0.2, 0.25) is 11.7 Å². The van der Waals surface area contributed by atoms with Gasteiger partial charge in [0.1, 0.15) is 10.7 Å². The minimum atomic E-state index is -1.71. The second-order valence-corrected chi connectivity index (χ2v) is 9.07. The molecule has 0 fully saturated rings. The Bertz CT molecular complexity index is 1380. The lowest BCUT2D eigenvalue weighted by Crippen LogP contribution is -2.31. The number of aromatic nitrogens is 1. The normalized spacial score (nSPS) is 16.2. The summed E-state index contributed by atoms with van der Waals surface area (Å²) in [6.45, 7) is 0. The number of anilines is 1. The van der Waals surface area contributed by atoms with E-state index in [1.807, 2.05) is 12.1 Å². The second-order valence-electron chi connectivity index (χ2n) is 7.17. The average molecular weight is 481 g/mol. The van der Waals surface area contributed by atoms with Crippen LogP contribution in [0.25, 0.3) is 6.08 Å². The molecule has 1 aliphatic rings. The highest BCUT2D eigenvalue weighted by Crippen LogP contribution is 2.33. The van der Waals surface area contributed by atoms with Gasteiger partial charge in [-0.3, -0.25) is 9.10 Å². The van der Waals surface area contributed by atoms with Gasteiger partial charge in [0.25, 0.3) is 0 Å². The van der Waals surface area contributed by atoms with Crippen LogP contribution in [-0.4, -0.2) is 29.1 Å². The van der Waals surface area contributed by atoms with Crippen LogP contribution in [0.2, 0.25) is 5.02 Å². The number of carbonyl (C=O) groups is 1. The number of fused-ring (bicyclic) bond motifs is 1. The Kier molecular flexibility index (Phi) is 6.59. The number of nitrogens with zero attached hydrogens (tertiary/aromatic N) is 2. The third-order valence-corrected chi connectivity index (χ3v) is 6.68. The highest BCUT2D eigenvalue weighted by Gasteiger charge is 2.32. The molecule has 8 heteroatoms. The number of rotatable bonds is 3. The molecule has 0 amide bonds. The lowest BCUT2D eigenvalue weighted by molar-refractivity contribution is 0.104. The lowest BCUT2D eigenvalue weighted by atomic mass is 10.0. The first kappa shape index (κ1) is 22.7. The number of pyridine rings is 1. The summed E-state index contributed by atoms with van der Waals surface area (Å²) in [7, 11) is 1.49. The van der Waals surface area contributed by atoms with E-state index in [2.05, 4.69) is 16.8 Å². The maximum Gasteiger partial charge on any atom is 0.213 e. The number of halogens is 2. The summed E-state index contributed by atoms with van der Waals surface area (Å²) in [5.41, 5.74) is 3.06. The van der Waals surface area contributed by atoms with Crippen molar-refractivity contribution in [3.8, 4) is 17.7 Å². The zero-order valence-electron chi connectivity index (χ0n) is 17.8. The van der Waals surface area contributed by atoms with Crippen LogP contribution in [-0.2, 0) is 17.4 Å². The maximum atomic E-state index is 13.5. The van der Waals surface area contributed by atoms with Crippen LogP contribution in [0, 0.1) is 17.7 Å². The fourth-order valence-corrected chi connectivity index (χ4v) is 4.64. The molecule has 0 saturated carbocycles. The van der Waals surface area contributed by atoms with Crippen molar-refractivity contribution in [3.63, 3.8) is 0 Å². The number of hydrogen-bond acceptors (Lipinski definition) is 4. The van der Waals surface area contributed by atoms with E-state index in [4.69, 9.17) is 16.3 Å². The van der Waals surface area contributed by atoms with Crippen molar-refractivity contribution in [2.75, 3.05) is 18.5 Å². The maximum absolute atomic E-state index is 13.5. The summed E-state index contributed by atoms with van der Waals surface area (Å²) in [5, 5.41) is -0.0727. The van der Waals surface area contributed by atoms with Crippen LogP contribution < -0.4 is 9.04 Å². The van der Waals surface area contributed by atoms with Crippen LogP contribution in [0.3, 0.4) is 0 Å². The molecule has 2 heterocycles. The molecule has 5 nitrogen and oxygen atoms in total. The molecule has 1 atom stereocenters. The number of benzene rings is 2. The smallest absolute Gasteiger partial charge is 0.213 e. The van der Waals surface area contributed by atoms with Crippen molar-refractivity contribution in [1.29, 1.82) is 0 Å². The molecule has 1 aliphatic heterocycles. The third-order valence-electron chi connectivity index (χ3n) is 5.02. The Morgan fingerprint density at radius 1 is 1.21 bits per heavy atom. The summed E-state index contributed by atoms with van der Waals surface area (Å²) >= 11 is 5.84. The van der Waals surface area contributed by atoms with E-state index >= 15 is 0 Å². The topological polar surface area (TPSA) is 59.5 Å². The summed E-state index contributed by atoms with van der Waals surface area (Å²) in [6.07, 6.45) is 3.62. The van der Waals surface area contributed by atoms with Crippen molar-refractivity contribution in [2.45, 2.75) is 6.42 Å². The van der Waals surface area contributed by atoms with Crippen LogP contribution >= 0.6 is 11.6 Å². The Balaban J connectivity index is 1.64. The number of carbonyl (C=O) groups excluding carboxylic acids is 1. The van der Waals surface area contributed by atoms with Gasteiger partial charge < -0.3 is 4.74 Å². The number of Topliss-reactive ketones (excluding diaryl/α,β-unsaturated/α-hetero) is 1. The average Bonchev–Trinajstić information content (AvgIpc) is 2.82. The lowest BCUT2D eigenvalue weighted by Gasteiger charge is -2.27. The third kappa shape index (κ3) is 4.82. The molecule has 1 aromatic heterocycles. The van der Waals surface area contributed by atoms with Gasteiger partial charge in [-0.15, -0.1) is 0 Å². The van der Waals surface area contributed by atoms with Gasteiger partial charge in [-0.25, -0.2) is 13.6 Å². The highest BCUT2D eigenvalue weighted by molar-refractivity contribution is 7.91. The van der Waals surface area contributed by atoms with E-state index in [-0.39, 0.29) is 15.7 Å². The molecule has 3 aromatic rings. The molecule has 33 heavy (non-hydrogen) atoms. The summed E-state index contributed by atoms with van der Waals surface area (Å²) in [5.74, 6) is 5.74. The Morgan fingerprint density at radius 2 is 2.03 bits per heavy atom. The fraction of sp³-hybridized carbons (Fsp3) is 0.120. The van der Waals surface area contributed by atoms with Gasteiger partial charge in [-0.2, -0.15) is 0 Å². The molecule has 0 radical (unpaired) electrons. The van der Waals surface area contributed by atoms with Gasteiger partial charge in [0.05, 0.1) is 17.8 Å². The van der Waals surface area contributed by atoms with Gasteiger partial charge in [0.15, 0.2) is 11.0 Å². The van der Waals surface area contributed by atoms with E-state index in [1.165, 1.54) is 28.6 Å². The largest absolute Gasteiger partial charge is 0.481 e. The number of ether oxygens (including phenoxy) is 1. The number of methoxy groups -OCH3 is 1. The molecule has 0 bridgehead atoms. The van der Waals surface area contributed by atoms with E-state index in [0.29, 0.717) is 34.7 Å². The highest BCUT2D eigenvalue weighted by atomic mass is 35.5. The Morgan fingerprint density at radius 3 is 2.79 bits per heavy atom. The first-order valence-electron chi connectivity index (χ1n) is 9.86. The predicted octanol–water partition coefficient (Wildman–Crippen LogP) is 4.81. The van der Waals surface area contributed by atoms with E-state index < -0.39 is 16.8 Å². The molecule has 1 unspecified atom stereocenters. The molecule has 4 rings (SSSR count). The molecular weight excluding hydrogens is 463 g/mol. The zero-order chi connectivity index (χ0) is 23.5. The molecule has 2 aromatic carbocycles. The Hall–Kier alpha value is -3.47. The van der Waals surface area contributed by atoms with Gasteiger partial charge in [-0.05, 0) is 53.6 Å². The fourth-order valence-electron chi connectivity index (χ4n) is 3.31. The SMILES string of the molecule is COc1cc(CC#Cc2ccc3c(c2)C(=O)/C(=C\c2ccc(F)c(Cl)c2)S(=O)N3C)ccn1. The van der Waals surface area contributed by atoms with Crippen molar-refractivity contribution < 1.29 is 18.1 Å². The summed E-state index contributed by atoms with van der Waals surface area (Å²) in [4.78, 5) is 17.3. The first-order valence-corrected chi connectivity index (χ1v) is 11.3. The monoisotopic (exact) mass is 480 g/mol. The minimum absolute atomic E-state index is 0.0727. The predicted molar refractivity (Wildman–Crippen MR) is 128 cm³/mol. The number of hydrogen-bond donors (Lipinski definition) is 0. The van der Waals surface area contributed by atoms with Crippen molar-refractivity contribution in [2.24, 2.45) is 0 Å². The summed E-state index contributed by atoms with van der Waals surface area (Å²) in [6, 6.07) is 12.9. The van der Waals surface area contributed by atoms with Gasteiger partial charge in [-0.1, -0.05) is 29.5 Å². The standard InChI is InChI=1S/C25H18ClFN2O3S/c1-29-22-9-7-16(4-3-5-17-10-11-28-24(15-17)32-2)12-19(22)25(30)23(33(29)31)14-18-6-8-21(27)20(26)13-18/h6-15H,5H2,1-2H3/b23-14+. The molecule has 166 valence electrons. The molecule has 0 N–H and O–H groups in total. The first-order chi connectivity index (χ1) is 15.9. The van der Waals surface area contributed by atoms with E-state index in [0.717, 1.165) is 5.56 Å². The van der Waals surface area contributed by atoms with Gasteiger partial charge in [0, 0.05) is 36.9 Å². The van der Waals surface area contributed by atoms with Crippen LogP contribution in [0.5, 0.6) is 5.88 Å². The van der Waals surface area contributed by atoms with Crippen molar-refractivity contribution in [1.82, 2.24) is 4.98 Å². The number of ketones is 1. The van der Waals surface area contributed by atoms with Gasteiger partial charge >= 0.3 is 0 Å². The van der Waals surface area contributed by atoms with Crippen LogP contribution in [0.1, 0.15) is 27.0 Å². The van der Waals surface area contributed by atoms with E-state index in [9.17, 15) is 13.4 Å². The molecular formula is C25H18ClFN2O3S. The molecule has 0 aliphatic carbocycles. The molecule has 0 saturated heterocycles. The minimum Gasteiger partial charge on any atom is -0.481 e. The Labute approximate surface area is 198 Å². The number of allylic oxidation sites excluding steroid dienone is 1. The molecule has 0 spiro atoms. The van der Waals surface area contributed by atoms with E-state index in [1.54, 1.807) is 38.6 Å². The van der Waals surface area contributed by atoms with Crippen molar-refractivity contribution in [3.05, 3.63) is 92.7 Å². The van der Waals surface area contributed by atoms with Crippen LogP contribution in [0.15, 0.2) is 59.6 Å². The van der Waals surface area contributed by atoms with Crippen LogP contribution in [0.4, 0.5) is 10.1 Å².